The molecule has 0 aromatic heterocycles. The van der Waals surface area contributed by atoms with Crippen LogP contribution in [0.15, 0.2) is 35.9 Å². The molecule has 2 saturated heterocycles. The monoisotopic (exact) mass is 417 g/mol. The standard InChI is InChI=1S/C22H28FN3O2S/c23-18-4-2-1-3-17(18)21(22(28)15-5-6-15)26-11-8-19(29)16(13-26)7-10-25-12-9-24-20(27)14-25/h1-4,7,15,19,21,29H,5-6,8-14H2,(H,24,27). The normalized spacial score (nSPS) is 26.3. The highest BCUT2D eigenvalue weighted by Crippen LogP contribution is 2.39. The van der Waals surface area contributed by atoms with E-state index in [4.69, 9.17) is 12.6 Å². The van der Waals surface area contributed by atoms with Gasteiger partial charge in [0.05, 0.1) is 12.6 Å². The first kappa shape index (κ1) is 20.6. The van der Waals surface area contributed by atoms with Crippen LogP contribution in [0.4, 0.5) is 4.39 Å². The predicted octanol–water partition coefficient (Wildman–Crippen LogP) is 2.21. The van der Waals surface area contributed by atoms with Crippen molar-refractivity contribution in [1.82, 2.24) is 15.1 Å². The van der Waals surface area contributed by atoms with E-state index in [1.54, 1.807) is 18.2 Å². The van der Waals surface area contributed by atoms with Crippen molar-refractivity contribution in [2.75, 3.05) is 39.3 Å². The molecule has 3 fully saturated rings. The molecule has 2 aliphatic heterocycles. The smallest absolute Gasteiger partial charge is 0.234 e. The summed E-state index contributed by atoms with van der Waals surface area (Å²) in [7, 11) is 0. The number of benzene rings is 1. The maximum Gasteiger partial charge on any atom is 0.234 e. The summed E-state index contributed by atoms with van der Waals surface area (Å²) >= 11 is 4.74. The second kappa shape index (κ2) is 8.98. The molecule has 2 heterocycles. The molecule has 1 N–H and O–H groups in total. The summed E-state index contributed by atoms with van der Waals surface area (Å²) < 4.78 is 14.6. The second-order valence-corrected chi connectivity index (χ2v) is 8.86. The first-order chi connectivity index (χ1) is 14.0. The molecule has 0 spiro atoms. The van der Waals surface area contributed by atoms with Crippen LogP contribution in [-0.4, -0.2) is 66.0 Å². The van der Waals surface area contributed by atoms with Gasteiger partial charge in [-0.05, 0) is 30.9 Å². The Kier molecular flexibility index (Phi) is 6.37. The van der Waals surface area contributed by atoms with Gasteiger partial charge in [-0.15, -0.1) is 0 Å². The predicted molar refractivity (Wildman–Crippen MR) is 113 cm³/mol. The average molecular weight is 418 g/mol. The van der Waals surface area contributed by atoms with Crippen molar-refractivity contribution in [3.63, 3.8) is 0 Å². The van der Waals surface area contributed by atoms with Crippen molar-refractivity contribution < 1.29 is 14.0 Å². The van der Waals surface area contributed by atoms with Gasteiger partial charge in [-0.1, -0.05) is 24.3 Å². The maximum atomic E-state index is 14.6. The molecule has 4 rings (SSSR count). The van der Waals surface area contributed by atoms with E-state index in [1.807, 2.05) is 0 Å². The molecule has 29 heavy (non-hydrogen) atoms. The number of piperazine rings is 1. The summed E-state index contributed by atoms with van der Waals surface area (Å²) in [6.45, 7) is 3.91. The molecule has 1 saturated carbocycles. The third-order valence-corrected chi connectivity index (χ3v) is 6.64. The number of rotatable bonds is 6. The molecule has 3 aliphatic rings. The number of ketones is 1. The quantitative estimate of drug-likeness (QED) is 0.551. The van der Waals surface area contributed by atoms with Crippen LogP contribution in [-0.2, 0) is 9.59 Å². The van der Waals surface area contributed by atoms with Crippen LogP contribution in [0.2, 0.25) is 0 Å². The fraction of sp³-hybridized carbons (Fsp3) is 0.545. The molecule has 0 bridgehead atoms. The fourth-order valence-corrected chi connectivity index (χ4v) is 4.53. The van der Waals surface area contributed by atoms with Crippen molar-refractivity contribution in [3.8, 4) is 0 Å². The van der Waals surface area contributed by atoms with Crippen molar-refractivity contribution in [2.45, 2.75) is 30.6 Å². The molecule has 156 valence electrons. The number of nitrogens with zero attached hydrogens (tertiary/aromatic N) is 2. The number of halogens is 1. The highest BCUT2D eigenvalue weighted by atomic mass is 32.1. The molecule has 0 radical (unpaired) electrons. The number of Topliss-reactive ketones (excluding diaryl/α,β-unsaturated/α-hetero) is 1. The van der Waals surface area contributed by atoms with Crippen molar-refractivity contribution >= 4 is 24.3 Å². The highest BCUT2D eigenvalue weighted by molar-refractivity contribution is 7.81. The Labute approximate surface area is 176 Å². The van der Waals surface area contributed by atoms with Crippen LogP contribution < -0.4 is 5.32 Å². The first-order valence-corrected chi connectivity index (χ1v) is 10.9. The SMILES string of the molecule is O=C1CN(CC=C2CN(C(C(=O)C3CC3)c3ccccc3F)CCC2S)CCN1. The van der Waals surface area contributed by atoms with Crippen LogP contribution >= 0.6 is 12.6 Å². The third kappa shape index (κ3) is 4.90. The van der Waals surface area contributed by atoms with Gasteiger partial charge in [0.2, 0.25) is 5.91 Å². The van der Waals surface area contributed by atoms with E-state index in [9.17, 15) is 14.0 Å². The topological polar surface area (TPSA) is 52.7 Å². The number of hydrogen-bond acceptors (Lipinski definition) is 5. The van der Waals surface area contributed by atoms with E-state index >= 15 is 0 Å². The number of thiol groups is 1. The van der Waals surface area contributed by atoms with Gasteiger partial charge in [0.15, 0.2) is 5.78 Å². The Hall–Kier alpha value is -1.70. The van der Waals surface area contributed by atoms with E-state index in [2.05, 4.69) is 21.2 Å². The summed E-state index contributed by atoms with van der Waals surface area (Å²) in [4.78, 5) is 28.9. The summed E-state index contributed by atoms with van der Waals surface area (Å²) in [6.07, 6.45) is 4.78. The lowest BCUT2D eigenvalue weighted by molar-refractivity contribution is -0.126. The van der Waals surface area contributed by atoms with Crippen LogP contribution in [0.3, 0.4) is 0 Å². The summed E-state index contributed by atoms with van der Waals surface area (Å²) in [5.74, 6) is -0.0614. The van der Waals surface area contributed by atoms with E-state index in [1.165, 1.54) is 6.07 Å². The number of amides is 1. The van der Waals surface area contributed by atoms with E-state index in [0.29, 0.717) is 31.7 Å². The number of likely N-dealkylation sites (tertiary alicyclic amines) is 1. The number of hydrogen-bond donors (Lipinski definition) is 2. The average Bonchev–Trinajstić information content (AvgIpc) is 3.55. The molecule has 7 heteroatoms. The van der Waals surface area contributed by atoms with E-state index in [0.717, 1.165) is 37.9 Å². The van der Waals surface area contributed by atoms with Crippen molar-refractivity contribution in [2.24, 2.45) is 5.92 Å². The Morgan fingerprint density at radius 1 is 1.24 bits per heavy atom. The molecule has 5 nitrogen and oxygen atoms in total. The van der Waals surface area contributed by atoms with Gasteiger partial charge in [0.25, 0.3) is 0 Å². The second-order valence-electron chi connectivity index (χ2n) is 8.24. The van der Waals surface area contributed by atoms with Crippen LogP contribution in [0, 0.1) is 11.7 Å². The van der Waals surface area contributed by atoms with Gasteiger partial charge < -0.3 is 5.32 Å². The maximum absolute atomic E-state index is 14.6. The summed E-state index contributed by atoms with van der Waals surface area (Å²) in [5.41, 5.74) is 1.63. The lowest BCUT2D eigenvalue weighted by atomic mass is 9.93. The van der Waals surface area contributed by atoms with Crippen LogP contribution in [0.1, 0.15) is 30.9 Å². The highest BCUT2D eigenvalue weighted by Gasteiger charge is 2.40. The summed E-state index contributed by atoms with van der Waals surface area (Å²) in [5, 5.41) is 2.96. The first-order valence-electron chi connectivity index (χ1n) is 10.4. The third-order valence-electron chi connectivity index (χ3n) is 6.05. The van der Waals surface area contributed by atoms with Crippen LogP contribution in [0.25, 0.3) is 0 Å². The number of piperidine rings is 1. The van der Waals surface area contributed by atoms with Gasteiger partial charge in [0, 0.05) is 49.5 Å². The van der Waals surface area contributed by atoms with Gasteiger partial charge >= 0.3 is 0 Å². The Morgan fingerprint density at radius 3 is 2.76 bits per heavy atom. The Morgan fingerprint density at radius 2 is 2.03 bits per heavy atom. The number of carbonyl (C=O) groups is 2. The number of nitrogens with one attached hydrogen (secondary N) is 1. The molecule has 2 unspecified atom stereocenters. The Bertz CT molecular complexity index is 811. The van der Waals surface area contributed by atoms with Gasteiger partial charge in [-0.3, -0.25) is 19.4 Å². The molecule has 1 aromatic rings. The minimum atomic E-state index is -0.534. The zero-order valence-electron chi connectivity index (χ0n) is 16.5. The minimum Gasteiger partial charge on any atom is -0.354 e. The van der Waals surface area contributed by atoms with Crippen LogP contribution in [0.5, 0.6) is 0 Å². The fourth-order valence-electron chi connectivity index (χ4n) is 4.22. The molecular formula is C22H28FN3O2S. The molecule has 1 aliphatic carbocycles. The van der Waals surface area contributed by atoms with E-state index < -0.39 is 6.04 Å². The van der Waals surface area contributed by atoms with E-state index in [-0.39, 0.29) is 28.7 Å². The lowest BCUT2D eigenvalue weighted by Gasteiger charge is -2.38. The van der Waals surface area contributed by atoms with Gasteiger partial charge in [0.1, 0.15) is 5.82 Å². The molecule has 1 aromatic carbocycles. The molecular weight excluding hydrogens is 389 g/mol. The number of carbonyl (C=O) groups excluding carboxylic acids is 2. The summed E-state index contributed by atoms with van der Waals surface area (Å²) in [6, 6.07) is 6.11. The van der Waals surface area contributed by atoms with Crippen molar-refractivity contribution in [3.05, 3.63) is 47.3 Å². The van der Waals surface area contributed by atoms with Gasteiger partial charge in [-0.25, -0.2) is 4.39 Å². The van der Waals surface area contributed by atoms with Crippen molar-refractivity contribution in [1.29, 1.82) is 0 Å². The molecule has 2 atom stereocenters. The molecule has 1 amide bonds. The minimum absolute atomic E-state index is 0.0528. The largest absolute Gasteiger partial charge is 0.354 e. The zero-order valence-corrected chi connectivity index (χ0v) is 17.4. The Balaban J connectivity index is 1.52. The van der Waals surface area contributed by atoms with Gasteiger partial charge in [-0.2, -0.15) is 12.6 Å². The lowest BCUT2D eigenvalue weighted by Crippen LogP contribution is -2.47. The zero-order chi connectivity index (χ0) is 20.4.